The summed E-state index contributed by atoms with van der Waals surface area (Å²) in [4.78, 5) is 60.7. The molecule has 0 saturated carbocycles. The smallest absolute Gasteiger partial charge is 0.355 e. The van der Waals surface area contributed by atoms with E-state index >= 15 is 0 Å². The lowest BCUT2D eigenvalue weighted by atomic mass is 9.85. The van der Waals surface area contributed by atoms with Crippen LogP contribution in [0, 0.1) is 5.92 Å². The van der Waals surface area contributed by atoms with Gasteiger partial charge in [-0.2, -0.15) is 0 Å². The fourth-order valence-electron chi connectivity index (χ4n) is 7.77. The maximum Gasteiger partial charge on any atom is 0.355 e. The van der Waals surface area contributed by atoms with Crippen molar-refractivity contribution in [2.45, 2.75) is 96.5 Å². The van der Waals surface area contributed by atoms with Gasteiger partial charge in [-0.25, -0.2) is 9.78 Å². The second-order valence-corrected chi connectivity index (χ2v) is 13.4. The molecular formula is C35H41N5O8. The van der Waals surface area contributed by atoms with E-state index in [1.165, 1.54) is 0 Å². The van der Waals surface area contributed by atoms with Gasteiger partial charge in [0.2, 0.25) is 11.5 Å². The molecule has 5 atom stereocenters. The minimum absolute atomic E-state index is 0.0383. The van der Waals surface area contributed by atoms with Crippen LogP contribution in [0.25, 0.3) is 22.3 Å². The molecule has 0 bridgehead atoms. The predicted octanol–water partition coefficient (Wildman–Crippen LogP) is 2.19. The number of rotatable bonds is 9. The van der Waals surface area contributed by atoms with Crippen molar-refractivity contribution in [1.29, 1.82) is 0 Å². The average Bonchev–Trinajstić information content (AvgIpc) is 3.48. The van der Waals surface area contributed by atoms with Gasteiger partial charge in [-0.1, -0.05) is 27.7 Å². The van der Waals surface area contributed by atoms with Gasteiger partial charge in [-0.3, -0.25) is 19.7 Å². The van der Waals surface area contributed by atoms with Crippen molar-refractivity contribution >= 4 is 28.7 Å². The number of hydrogen-bond donors (Lipinski definition) is 3. The van der Waals surface area contributed by atoms with Crippen molar-refractivity contribution in [1.82, 2.24) is 19.8 Å². The number of aryl methyl sites for hydroxylation is 1. The van der Waals surface area contributed by atoms with Gasteiger partial charge in [0.1, 0.15) is 30.7 Å². The molecule has 254 valence electrons. The molecule has 0 spiro atoms. The standard InChI is InChI=1S/C35H41N5O8/c1-5-19-20-12-18(41)9-10-24(20)37-29-21(19)15-40-26(29)13-23-22(32(40)43)16-46-34(45)35(23,6-2)48-33(44)28(17(3)4)38-31-30(47-31)25-8-7-11-39(25)27(42)14-36/h9-10,12-13,17,25,28,30-31,38,41H,5-8,11,14-16,36H2,1-4H3/t25-,28-,30?,31?,35-/m0/s1. The van der Waals surface area contributed by atoms with Crippen molar-refractivity contribution < 1.29 is 33.7 Å². The summed E-state index contributed by atoms with van der Waals surface area (Å²) in [5.74, 6) is -1.67. The number of nitrogens with one attached hydrogen (secondary N) is 1. The van der Waals surface area contributed by atoms with Crippen LogP contribution in [-0.2, 0) is 53.8 Å². The zero-order valence-electron chi connectivity index (χ0n) is 27.6. The average molecular weight is 660 g/mol. The zero-order valence-corrected chi connectivity index (χ0v) is 27.6. The number of cyclic esters (lactones) is 1. The quantitative estimate of drug-likeness (QED) is 0.177. The van der Waals surface area contributed by atoms with Gasteiger partial charge >= 0.3 is 11.9 Å². The fourth-order valence-corrected chi connectivity index (χ4v) is 7.77. The van der Waals surface area contributed by atoms with E-state index in [1.807, 2.05) is 20.8 Å². The normalized spacial score (nSPS) is 24.7. The summed E-state index contributed by atoms with van der Waals surface area (Å²) in [7, 11) is 0. The Morgan fingerprint density at radius 3 is 2.71 bits per heavy atom. The number of nitrogens with zero attached hydrogens (tertiary/aromatic N) is 3. The number of aromatic hydroxyl groups is 1. The first-order valence-electron chi connectivity index (χ1n) is 16.8. The number of phenols is 1. The molecule has 4 aliphatic heterocycles. The molecule has 4 aliphatic rings. The molecule has 48 heavy (non-hydrogen) atoms. The van der Waals surface area contributed by atoms with E-state index in [2.05, 4.69) is 5.32 Å². The second-order valence-electron chi connectivity index (χ2n) is 13.4. The molecule has 3 aromatic rings. The molecular weight excluding hydrogens is 618 g/mol. The van der Waals surface area contributed by atoms with E-state index in [0.717, 1.165) is 29.4 Å². The highest BCUT2D eigenvalue weighted by Gasteiger charge is 2.54. The molecule has 0 radical (unpaired) electrons. The third-order valence-corrected chi connectivity index (χ3v) is 10.3. The Bertz CT molecular complexity index is 1910. The number of carbonyl (C=O) groups excluding carboxylic acids is 3. The summed E-state index contributed by atoms with van der Waals surface area (Å²) in [6.45, 7) is 8.04. The highest BCUT2D eigenvalue weighted by molar-refractivity contribution is 5.91. The van der Waals surface area contributed by atoms with Gasteiger partial charge in [0.15, 0.2) is 0 Å². The number of nitrogens with two attached hydrogens (primary N) is 1. The predicted molar refractivity (Wildman–Crippen MR) is 174 cm³/mol. The van der Waals surface area contributed by atoms with Crippen LogP contribution in [0.4, 0.5) is 0 Å². The summed E-state index contributed by atoms with van der Waals surface area (Å²) in [6.07, 6.45) is 1.55. The molecule has 1 aromatic carbocycles. The molecule has 2 aromatic heterocycles. The molecule has 1 amide bonds. The van der Waals surface area contributed by atoms with E-state index in [4.69, 9.17) is 24.9 Å². The van der Waals surface area contributed by atoms with Crippen LogP contribution < -0.4 is 16.6 Å². The molecule has 0 aliphatic carbocycles. The van der Waals surface area contributed by atoms with Crippen LogP contribution in [0.2, 0.25) is 0 Å². The van der Waals surface area contributed by atoms with Crippen LogP contribution in [0.3, 0.4) is 0 Å². The molecule has 6 heterocycles. The van der Waals surface area contributed by atoms with Gasteiger partial charge in [0.25, 0.3) is 5.56 Å². The molecule has 2 saturated heterocycles. The number of likely N-dealkylation sites (tertiary alicyclic amines) is 1. The first-order valence-corrected chi connectivity index (χ1v) is 16.8. The third kappa shape index (κ3) is 4.98. The van der Waals surface area contributed by atoms with E-state index in [1.54, 1.807) is 40.7 Å². The Kier molecular flexibility index (Phi) is 8.04. The van der Waals surface area contributed by atoms with E-state index in [0.29, 0.717) is 35.4 Å². The number of hydrogen-bond acceptors (Lipinski definition) is 11. The summed E-state index contributed by atoms with van der Waals surface area (Å²) in [5.41, 5.74) is 7.65. The summed E-state index contributed by atoms with van der Waals surface area (Å²) in [6, 6.07) is 5.77. The summed E-state index contributed by atoms with van der Waals surface area (Å²) < 4.78 is 19.3. The monoisotopic (exact) mass is 659 g/mol. The number of carbonyl (C=O) groups is 3. The first kappa shape index (κ1) is 32.2. The molecule has 13 heteroatoms. The number of benzene rings is 1. The Balaban J connectivity index is 1.22. The highest BCUT2D eigenvalue weighted by Crippen LogP contribution is 2.43. The lowest BCUT2D eigenvalue weighted by Gasteiger charge is -2.37. The maximum absolute atomic E-state index is 14.1. The summed E-state index contributed by atoms with van der Waals surface area (Å²) >= 11 is 0. The maximum atomic E-state index is 14.1. The molecule has 2 unspecified atom stereocenters. The Morgan fingerprint density at radius 2 is 2.00 bits per heavy atom. The SMILES string of the molecule is CCc1c2c(nc3ccc(O)cc13)-c1cc3c(c(=O)n1C2)COC(=O)[C@@]3(CC)OC(=O)[C@@H](NC1OC1[C@@H]1CCCN1C(=O)CN)C(C)C. The van der Waals surface area contributed by atoms with E-state index < -0.39 is 29.8 Å². The van der Waals surface area contributed by atoms with Crippen molar-refractivity contribution in [2.24, 2.45) is 11.7 Å². The Hall–Kier alpha value is -4.33. The van der Waals surface area contributed by atoms with Crippen LogP contribution in [0.1, 0.15) is 69.2 Å². The van der Waals surface area contributed by atoms with Crippen molar-refractivity contribution in [3.8, 4) is 17.1 Å². The van der Waals surface area contributed by atoms with Crippen LogP contribution in [-0.4, -0.2) is 74.9 Å². The number of aromatic nitrogens is 2. The number of phenolic OH excluding ortho intramolecular Hbond substituents is 1. The number of ether oxygens (including phenoxy) is 3. The van der Waals surface area contributed by atoms with Gasteiger partial charge in [-0.15, -0.1) is 0 Å². The van der Waals surface area contributed by atoms with Gasteiger partial charge in [0, 0.05) is 23.1 Å². The number of amides is 1. The summed E-state index contributed by atoms with van der Waals surface area (Å²) in [5, 5.41) is 14.2. The van der Waals surface area contributed by atoms with E-state index in [9.17, 15) is 24.3 Å². The van der Waals surface area contributed by atoms with Crippen molar-refractivity contribution in [3.05, 3.63) is 56.9 Å². The minimum atomic E-state index is -1.85. The topological polar surface area (TPSA) is 179 Å². The van der Waals surface area contributed by atoms with Crippen LogP contribution in [0.5, 0.6) is 5.75 Å². The Labute approximate surface area is 277 Å². The number of esters is 2. The van der Waals surface area contributed by atoms with Crippen molar-refractivity contribution in [3.63, 3.8) is 0 Å². The van der Waals surface area contributed by atoms with E-state index in [-0.39, 0.29) is 67.0 Å². The molecule has 7 rings (SSSR count). The minimum Gasteiger partial charge on any atom is -0.508 e. The lowest BCUT2D eigenvalue weighted by Crippen LogP contribution is -2.52. The number of pyridine rings is 2. The van der Waals surface area contributed by atoms with Crippen LogP contribution >= 0.6 is 0 Å². The van der Waals surface area contributed by atoms with Gasteiger partial charge in [0.05, 0.1) is 41.6 Å². The van der Waals surface area contributed by atoms with Crippen molar-refractivity contribution in [2.75, 3.05) is 13.1 Å². The Morgan fingerprint density at radius 1 is 1.21 bits per heavy atom. The zero-order chi connectivity index (χ0) is 34.1. The lowest BCUT2D eigenvalue weighted by molar-refractivity contribution is -0.191. The number of epoxide rings is 1. The molecule has 2 fully saturated rings. The number of fused-ring (bicyclic) bond motifs is 5. The highest BCUT2D eigenvalue weighted by atomic mass is 16.6. The largest absolute Gasteiger partial charge is 0.508 e. The van der Waals surface area contributed by atoms with Gasteiger partial charge in [-0.05, 0) is 61.4 Å². The second kappa shape index (κ2) is 12.0. The first-order chi connectivity index (χ1) is 23.0. The molecule has 4 N–H and O–H groups in total. The molecule has 13 nitrogen and oxygen atoms in total. The fraction of sp³-hybridized carbons (Fsp3) is 0.514. The van der Waals surface area contributed by atoms with Crippen LogP contribution in [0.15, 0.2) is 29.1 Å². The third-order valence-electron chi connectivity index (χ3n) is 10.3. The van der Waals surface area contributed by atoms with Gasteiger partial charge < -0.3 is 34.5 Å².